The van der Waals surface area contributed by atoms with Gasteiger partial charge in [0.25, 0.3) is 0 Å². The first kappa shape index (κ1) is 13.2. The number of amides is 1. The minimum atomic E-state index is -0.332. The highest BCUT2D eigenvalue weighted by molar-refractivity contribution is 5.67. The molecule has 0 radical (unpaired) electrons. The van der Waals surface area contributed by atoms with E-state index >= 15 is 0 Å². The average molecular weight is 202 g/mol. The van der Waals surface area contributed by atoms with Crippen LogP contribution in [0.3, 0.4) is 0 Å². The Labute approximate surface area is 86.6 Å². The van der Waals surface area contributed by atoms with Crippen LogP contribution in [0.4, 0.5) is 4.79 Å². The van der Waals surface area contributed by atoms with Crippen LogP contribution in [0.15, 0.2) is 0 Å². The van der Waals surface area contributed by atoms with E-state index in [4.69, 9.17) is 4.74 Å². The number of nitrogens with one attached hydrogen (secondary N) is 1. The van der Waals surface area contributed by atoms with Crippen molar-refractivity contribution in [2.45, 2.75) is 20.8 Å². The number of carbonyl (C=O) groups is 1. The van der Waals surface area contributed by atoms with Crippen molar-refractivity contribution >= 4 is 6.09 Å². The van der Waals surface area contributed by atoms with Crippen LogP contribution < -0.4 is 5.32 Å². The van der Waals surface area contributed by atoms with Gasteiger partial charge in [-0.2, -0.15) is 0 Å². The van der Waals surface area contributed by atoms with Gasteiger partial charge in [-0.15, -0.1) is 0 Å². The number of hydrogen-bond acceptors (Lipinski definition) is 3. The maximum absolute atomic E-state index is 11.1. The second-order valence-electron chi connectivity index (χ2n) is 4.85. The fourth-order valence-electron chi connectivity index (χ4n) is 0.709. The second kappa shape index (κ2) is 5.86. The molecule has 0 unspecified atom stereocenters. The van der Waals surface area contributed by atoms with Crippen molar-refractivity contribution in [2.75, 3.05) is 33.8 Å². The molecule has 0 aliphatic heterocycles. The lowest BCUT2D eigenvalue weighted by Gasteiger charge is -2.18. The van der Waals surface area contributed by atoms with Gasteiger partial charge in [-0.1, -0.05) is 20.8 Å². The maximum Gasteiger partial charge on any atom is 0.407 e. The Hall–Kier alpha value is -0.770. The molecule has 14 heavy (non-hydrogen) atoms. The Morgan fingerprint density at radius 3 is 2.36 bits per heavy atom. The minimum Gasteiger partial charge on any atom is -0.448 e. The molecule has 0 saturated heterocycles. The normalized spacial score (nSPS) is 11.6. The summed E-state index contributed by atoms with van der Waals surface area (Å²) in [5.41, 5.74) is 0.0978. The van der Waals surface area contributed by atoms with Crippen LogP contribution >= 0.6 is 0 Å². The summed E-state index contributed by atoms with van der Waals surface area (Å²) in [6.45, 7) is 8.01. The summed E-state index contributed by atoms with van der Waals surface area (Å²) in [5, 5.41) is 2.72. The standard InChI is InChI=1S/C10H22N2O2/c1-10(2,3)8-11-9(13)14-7-6-12(4)5/h6-8H2,1-5H3,(H,11,13). The van der Waals surface area contributed by atoms with Crippen LogP contribution in [0.1, 0.15) is 20.8 Å². The molecule has 0 saturated carbocycles. The highest BCUT2D eigenvalue weighted by Crippen LogP contribution is 2.09. The van der Waals surface area contributed by atoms with E-state index in [-0.39, 0.29) is 11.5 Å². The second-order valence-corrected chi connectivity index (χ2v) is 4.85. The van der Waals surface area contributed by atoms with Gasteiger partial charge in [0.15, 0.2) is 0 Å². The van der Waals surface area contributed by atoms with E-state index in [0.717, 1.165) is 6.54 Å². The first-order valence-corrected chi connectivity index (χ1v) is 4.86. The Kier molecular flexibility index (Phi) is 5.53. The molecule has 84 valence electrons. The predicted octanol–water partition coefficient (Wildman–Crippen LogP) is 1.32. The van der Waals surface area contributed by atoms with Crippen LogP contribution in [-0.4, -0.2) is 44.8 Å². The number of likely N-dealkylation sites (N-methyl/N-ethyl adjacent to an activating group) is 1. The SMILES string of the molecule is CN(C)CCOC(=O)NCC(C)(C)C. The van der Waals surface area contributed by atoms with E-state index in [9.17, 15) is 4.79 Å². The number of rotatable bonds is 4. The van der Waals surface area contributed by atoms with Crippen molar-refractivity contribution in [1.29, 1.82) is 0 Å². The van der Waals surface area contributed by atoms with Gasteiger partial charge in [0.2, 0.25) is 0 Å². The number of carbonyl (C=O) groups excluding carboxylic acids is 1. The highest BCUT2D eigenvalue weighted by atomic mass is 16.5. The summed E-state index contributed by atoms with van der Waals surface area (Å²) in [7, 11) is 3.88. The highest BCUT2D eigenvalue weighted by Gasteiger charge is 2.12. The third-order valence-electron chi connectivity index (χ3n) is 1.53. The summed E-state index contributed by atoms with van der Waals surface area (Å²) >= 11 is 0. The van der Waals surface area contributed by atoms with Crippen LogP contribution in [0.2, 0.25) is 0 Å². The minimum absolute atomic E-state index is 0.0978. The van der Waals surface area contributed by atoms with Gasteiger partial charge < -0.3 is 15.0 Å². The lowest BCUT2D eigenvalue weighted by molar-refractivity contribution is 0.133. The average Bonchev–Trinajstić information content (AvgIpc) is 1.99. The first-order chi connectivity index (χ1) is 6.31. The molecular weight excluding hydrogens is 180 g/mol. The monoisotopic (exact) mass is 202 g/mol. The summed E-state index contributed by atoms with van der Waals surface area (Å²) in [5.74, 6) is 0. The van der Waals surface area contributed by atoms with Gasteiger partial charge >= 0.3 is 6.09 Å². The summed E-state index contributed by atoms with van der Waals surface area (Å²) in [6.07, 6.45) is -0.332. The molecule has 0 rings (SSSR count). The van der Waals surface area contributed by atoms with Crippen LogP contribution in [0, 0.1) is 5.41 Å². The largest absolute Gasteiger partial charge is 0.448 e. The quantitative estimate of drug-likeness (QED) is 0.747. The van der Waals surface area contributed by atoms with Crippen molar-refractivity contribution in [3.63, 3.8) is 0 Å². The Morgan fingerprint density at radius 2 is 1.93 bits per heavy atom. The number of ether oxygens (including phenoxy) is 1. The van der Waals surface area contributed by atoms with Crippen molar-refractivity contribution in [3.05, 3.63) is 0 Å². The van der Waals surface area contributed by atoms with E-state index in [0.29, 0.717) is 13.2 Å². The Morgan fingerprint density at radius 1 is 1.36 bits per heavy atom. The van der Waals surface area contributed by atoms with Gasteiger partial charge in [0, 0.05) is 13.1 Å². The van der Waals surface area contributed by atoms with Crippen molar-refractivity contribution in [2.24, 2.45) is 5.41 Å². The van der Waals surface area contributed by atoms with Gasteiger partial charge in [-0.05, 0) is 19.5 Å². The summed E-state index contributed by atoms with van der Waals surface area (Å²) < 4.78 is 4.96. The number of hydrogen-bond donors (Lipinski definition) is 1. The topological polar surface area (TPSA) is 41.6 Å². The molecule has 4 heteroatoms. The molecule has 0 bridgehead atoms. The smallest absolute Gasteiger partial charge is 0.407 e. The molecule has 0 spiro atoms. The van der Waals surface area contributed by atoms with Crippen LogP contribution in [0.5, 0.6) is 0 Å². The molecule has 0 aliphatic rings. The molecule has 0 aromatic heterocycles. The number of alkyl carbamates (subject to hydrolysis) is 1. The molecule has 0 aromatic carbocycles. The zero-order valence-electron chi connectivity index (χ0n) is 9.89. The van der Waals surface area contributed by atoms with E-state index in [1.165, 1.54) is 0 Å². The van der Waals surface area contributed by atoms with Gasteiger partial charge in [-0.3, -0.25) is 0 Å². The van der Waals surface area contributed by atoms with E-state index in [1.54, 1.807) is 0 Å². The molecule has 0 aliphatic carbocycles. The first-order valence-electron chi connectivity index (χ1n) is 4.86. The van der Waals surface area contributed by atoms with Crippen molar-refractivity contribution < 1.29 is 9.53 Å². The lowest BCUT2D eigenvalue weighted by Crippen LogP contribution is -2.34. The molecule has 0 atom stereocenters. The van der Waals surface area contributed by atoms with Crippen molar-refractivity contribution in [1.82, 2.24) is 10.2 Å². The Balaban J connectivity index is 3.47. The third kappa shape index (κ3) is 9.32. The third-order valence-corrected chi connectivity index (χ3v) is 1.53. The molecule has 0 heterocycles. The molecule has 1 N–H and O–H groups in total. The molecule has 0 aromatic rings. The van der Waals surface area contributed by atoms with Gasteiger partial charge in [0.05, 0.1) is 0 Å². The molecular formula is C10H22N2O2. The molecule has 1 amide bonds. The predicted molar refractivity (Wildman–Crippen MR) is 57.4 cm³/mol. The zero-order chi connectivity index (χ0) is 11.2. The van der Waals surface area contributed by atoms with Gasteiger partial charge in [0.1, 0.15) is 6.61 Å². The van der Waals surface area contributed by atoms with E-state index in [1.807, 2.05) is 19.0 Å². The van der Waals surface area contributed by atoms with E-state index < -0.39 is 0 Å². The molecule has 0 fully saturated rings. The van der Waals surface area contributed by atoms with Crippen LogP contribution in [-0.2, 0) is 4.74 Å². The van der Waals surface area contributed by atoms with E-state index in [2.05, 4.69) is 26.1 Å². The fourth-order valence-corrected chi connectivity index (χ4v) is 0.709. The number of nitrogens with zero attached hydrogens (tertiary/aromatic N) is 1. The Bertz CT molecular complexity index is 173. The lowest BCUT2D eigenvalue weighted by atomic mass is 9.97. The van der Waals surface area contributed by atoms with Crippen molar-refractivity contribution in [3.8, 4) is 0 Å². The maximum atomic E-state index is 11.1. The van der Waals surface area contributed by atoms with Crippen LogP contribution in [0.25, 0.3) is 0 Å². The summed E-state index contributed by atoms with van der Waals surface area (Å²) in [4.78, 5) is 13.1. The summed E-state index contributed by atoms with van der Waals surface area (Å²) in [6, 6.07) is 0. The molecule has 4 nitrogen and oxygen atoms in total. The van der Waals surface area contributed by atoms with Gasteiger partial charge in [-0.25, -0.2) is 4.79 Å². The zero-order valence-corrected chi connectivity index (χ0v) is 9.89. The fraction of sp³-hybridized carbons (Fsp3) is 0.900.